The zero-order valence-corrected chi connectivity index (χ0v) is 14.2. The Bertz CT molecular complexity index is 628. The van der Waals surface area contributed by atoms with Gasteiger partial charge in [0.25, 0.3) is 5.91 Å². The SMILES string of the molecule is CN1C(=O)C2(CCC(C)(C)c3ccc(Br)cc32)NC1=S. The summed E-state index contributed by atoms with van der Waals surface area (Å²) in [6.07, 6.45) is 1.73. The number of nitrogens with zero attached hydrogens (tertiary/aromatic N) is 1. The summed E-state index contributed by atoms with van der Waals surface area (Å²) in [4.78, 5) is 14.3. The molecule has 1 amide bonds. The quantitative estimate of drug-likeness (QED) is 0.728. The van der Waals surface area contributed by atoms with E-state index < -0.39 is 5.54 Å². The first-order chi connectivity index (χ1) is 9.28. The van der Waals surface area contributed by atoms with Gasteiger partial charge in [-0.2, -0.15) is 0 Å². The highest BCUT2D eigenvalue weighted by molar-refractivity contribution is 9.10. The molecule has 5 heteroatoms. The largest absolute Gasteiger partial charge is 0.344 e. The molecule has 1 aromatic rings. The van der Waals surface area contributed by atoms with E-state index in [0.29, 0.717) is 5.11 Å². The Hall–Kier alpha value is -0.940. The number of thiocarbonyl (C=S) groups is 1. The summed E-state index contributed by atoms with van der Waals surface area (Å²) in [6, 6.07) is 6.22. The number of carbonyl (C=O) groups is 1. The third-order valence-electron chi connectivity index (χ3n) is 4.59. The fraction of sp³-hybridized carbons (Fsp3) is 0.467. The Morgan fingerprint density at radius 1 is 1.30 bits per heavy atom. The molecule has 1 atom stereocenters. The van der Waals surface area contributed by atoms with E-state index in [1.165, 1.54) is 5.56 Å². The fourth-order valence-corrected chi connectivity index (χ4v) is 3.90. The number of halogens is 1. The van der Waals surface area contributed by atoms with Gasteiger partial charge in [-0.1, -0.05) is 35.8 Å². The van der Waals surface area contributed by atoms with Crippen LogP contribution in [0, 0.1) is 0 Å². The number of likely N-dealkylation sites (N-methyl/N-ethyl adjacent to an activating group) is 1. The molecule has 0 aromatic heterocycles. The van der Waals surface area contributed by atoms with Crippen LogP contribution in [-0.2, 0) is 15.7 Å². The Morgan fingerprint density at radius 3 is 2.60 bits per heavy atom. The van der Waals surface area contributed by atoms with Crippen LogP contribution >= 0.6 is 28.1 Å². The molecule has 2 aliphatic rings. The van der Waals surface area contributed by atoms with E-state index in [1.54, 1.807) is 11.9 Å². The van der Waals surface area contributed by atoms with Crippen molar-refractivity contribution >= 4 is 39.2 Å². The van der Waals surface area contributed by atoms with Crippen LogP contribution in [0.3, 0.4) is 0 Å². The molecule has 1 fully saturated rings. The van der Waals surface area contributed by atoms with Crippen molar-refractivity contribution in [1.29, 1.82) is 0 Å². The molecular formula is C15H17BrN2OS. The van der Waals surface area contributed by atoms with E-state index in [1.807, 2.05) is 6.07 Å². The van der Waals surface area contributed by atoms with Crippen LogP contribution in [0.2, 0.25) is 0 Å². The number of hydrogen-bond acceptors (Lipinski definition) is 2. The molecule has 0 radical (unpaired) electrons. The lowest BCUT2D eigenvalue weighted by atomic mass is 9.65. The third-order valence-corrected chi connectivity index (χ3v) is 5.46. The van der Waals surface area contributed by atoms with Gasteiger partial charge < -0.3 is 5.32 Å². The maximum absolute atomic E-state index is 12.7. The Labute approximate surface area is 132 Å². The second-order valence-electron chi connectivity index (χ2n) is 6.27. The zero-order valence-electron chi connectivity index (χ0n) is 11.8. The van der Waals surface area contributed by atoms with Crippen LogP contribution in [0.15, 0.2) is 22.7 Å². The van der Waals surface area contributed by atoms with Crippen molar-refractivity contribution in [3.63, 3.8) is 0 Å². The molecule has 1 aliphatic heterocycles. The van der Waals surface area contributed by atoms with Crippen LogP contribution in [0.5, 0.6) is 0 Å². The van der Waals surface area contributed by atoms with Crippen molar-refractivity contribution in [2.75, 3.05) is 7.05 Å². The van der Waals surface area contributed by atoms with E-state index >= 15 is 0 Å². The summed E-state index contributed by atoms with van der Waals surface area (Å²) in [5.74, 6) is 0.0531. The highest BCUT2D eigenvalue weighted by Gasteiger charge is 2.54. The lowest BCUT2D eigenvalue weighted by Gasteiger charge is -2.42. The third kappa shape index (κ3) is 1.76. The molecule has 1 unspecified atom stereocenters. The first-order valence-electron chi connectivity index (χ1n) is 6.69. The molecule has 20 heavy (non-hydrogen) atoms. The summed E-state index contributed by atoms with van der Waals surface area (Å²) in [6.45, 7) is 4.46. The Kier molecular flexibility index (Phi) is 3.00. The van der Waals surface area contributed by atoms with Crippen LogP contribution in [0.25, 0.3) is 0 Å². The standard InChI is InChI=1S/C15H17BrN2OS/c1-14(2)6-7-15(12(19)18(3)13(20)17-15)11-8-9(16)4-5-10(11)14/h4-5,8H,6-7H2,1-3H3,(H,17,20). The van der Waals surface area contributed by atoms with E-state index in [4.69, 9.17) is 12.2 Å². The zero-order chi connectivity index (χ0) is 14.7. The number of nitrogens with one attached hydrogen (secondary N) is 1. The highest BCUT2D eigenvalue weighted by Crippen LogP contribution is 2.47. The monoisotopic (exact) mass is 352 g/mol. The molecule has 1 aliphatic carbocycles. The van der Waals surface area contributed by atoms with E-state index in [2.05, 4.69) is 47.2 Å². The summed E-state index contributed by atoms with van der Waals surface area (Å²) < 4.78 is 0.989. The number of amides is 1. The molecule has 3 rings (SSSR count). The predicted molar refractivity (Wildman–Crippen MR) is 86.6 cm³/mol. The molecule has 3 nitrogen and oxygen atoms in total. The molecule has 0 saturated carbocycles. The first kappa shape index (κ1) is 14.0. The van der Waals surface area contributed by atoms with Crippen LogP contribution in [0.1, 0.15) is 37.8 Å². The van der Waals surface area contributed by atoms with Crippen LogP contribution in [0.4, 0.5) is 0 Å². The molecule has 1 saturated heterocycles. The van der Waals surface area contributed by atoms with Crippen LogP contribution in [-0.4, -0.2) is 23.0 Å². The minimum absolute atomic E-state index is 0.0531. The molecule has 1 N–H and O–H groups in total. The average molecular weight is 353 g/mol. The highest BCUT2D eigenvalue weighted by atomic mass is 79.9. The summed E-state index contributed by atoms with van der Waals surface area (Å²) >= 11 is 8.80. The van der Waals surface area contributed by atoms with Gasteiger partial charge >= 0.3 is 0 Å². The number of benzene rings is 1. The maximum Gasteiger partial charge on any atom is 0.258 e. The van der Waals surface area contributed by atoms with E-state index in [-0.39, 0.29) is 11.3 Å². The summed E-state index contributed by atoms with van der Waals surface area (Å²) in [5.41, 5.74) is 1.68. The maximum atomic E-state index is 12.7. The van der Waals surface area contributed by atoms with Gasteiger partial charge in [0.1, 0.15) is 5.54 Å². The van der Waals surface area contributed by atoms with Crippen LogP contribution < -0.4 is 5.32 Å². The predicted octanol–water partition coefficient (Wildman–Crippen LogP) is 3.06. The average Bonchev–Trinajstić information content (AvgIpc) is 2.60. The Morgan fingerprint density at radius 2 is 2.00 bits per heavy atom. The van der Waals surface area contributed by atoms with Gasteiger partial charge in [-0.15, -0.1) is 0 Å². The van der Waals surface area contributed by atoms with E-state index in [9.17, 15) is 4.79 Å². The van der Waals surface area contributed by atoms with Crippen molar-refractivity contribution in [2.24, 2.45) is 0 Å². The van der Waals surface area contributed by atoms with Crippen molar-refractivity contribution in [3.8, 4) is 0 Å². The van der Waals surface area contributed by atoms with Gasteiger partial charge in [0.15, 0.2) is 5.11 Å². The molecule has 0 bridgehead atoms. The van der Waals surface area contributed by atoms with Crippen molar-refractivity contribution in [3.05, 3.63) is 33.8 Å². The topological polar surface area (TPSA) is 32.3 Å². The van der Waals surface area contributed by atoms with Gasteiger partial charge in [0.05, 0.1) is 0 Å². The molecular weight excluding hydrogens is 336 g/mol. The Balaban J connectivity index is 2.25. The van der Waals surface area contributed by atoms with Gasteiger partial charge in [-0.3, -0.25) is 9.69 Å². The van der Waals surface area contributed by atoms with Crippen molar-refractivity contribution in [1.82, 2.24) is 10.2 Å². The normalized spacial score (nSPS) is 27.7. The molecule has 1 spiro atoms. The molecule has 1 heterocycles. The number of hydrogen-bond donors (Lipinski definition) is 1. The second-order valence-corrected chi connectivity index (χ2v) is 7.58. The molecule has 106 valence electrons. The van der Waals surface area contributed by atoms with E-state index in [0.717, 1.165) is 22.9 Å². The lowest BCUT2D eigenvalue weighted by molar-refractivity contribution is -0.131. The second kappa shape index (κ2) is 4.28. The van der Waals surface area contributed by atoms with Gasteiger partial charge in [0.2, 0.25) is 0 Å². The summed E-state index contributed by atoms with van der Waals surface area (Å²) in [5, 5.41) is 3.79. The summed E-state index contributed by atoms with van der Waals surface area (Å²) in [7, 11) is 1.74. The minimum atomic E-state index is -0.680. The lowest BCUT2D eigenvalue weighted by Crippen LogP contribution is -2.49. The fourth-order valence-electron chi connectivity index (χ4n) is 3.28. The smallest absolute Gasteiger partial charge is 0.258 e. The first-order valence-corrected chi connectivity index (χ1v) is 7.89. The van der Waals surface area contributed by atoms with Crippen molar-refractivity contribution < 1.29 is 4.79 Å². The number of carbonyl (C=O) groups excluding carboxylic acids is 1. The minimum Gasteiger partial charge on any atom is -0.344 e. The van der Waals surface area contributed by atoms with Gasteiger partial charge in [-0.05, 0) is 53.7 Å². The number of fused-ring (bicyclic) bond motifs is 2. The van der Waals surface area contributed by atoms with Crippen molar-refractivity contribution in [2.45, 2.75) is 37.6 Å². The van der Waals surface area contributed by atoms with Gasteiger partial charge in [-0.25, -0.2) is 0 Å². The number of rotatable bonds is 0. The van der Waals surface area contributed by atoms with Gasteiger partial charge in [0, 0.05) is 11.5 Å². The molecule has 1 aromatic carbocycles.